The minimum absolute atomic E-state index is 0.0212. The van der Waals surface area contributed by atoms with Crippen LogP contribution in [0.2, 0.25) is 0 Å². The molecule has 0 aliphatic carbocycles. The summed E-state index contributed by atoms with van der Waals surface area (Å²) in [6, 6.07) is 13.9. The van der Waals surface area contributed by atoms with Crippen molar-refractivity contribution in [2.45, 2.75) is 46.1 Å². The highest BCUT2D eigenvalue weighted by atomic mass is 16.2. The maximum absolute atomic E-state index is 13.2. The number of aromatic amines is 1. The van der Waals surface area contributed by atoms with E-state index < -0.39 is 0 Å². The van der Waals surface area contributed by atoms with Crippen LogP contribution in [0.3, 0.4) is 0 Å². The van der Waals surface area contributed by atoms with Gasteiger partial charge in [-0.3, -0.25) is 9.59 Å². The van der Waals surface area contributed by atoms with Crippen LogP contribution in [-0.2, 0) is 6.54 Å². The maximum Gasteiger partial charge on any atom is 0.281 e. The van der Waals surface area contributed by atoms with Crippen LogP contribution in [0.15, 0.2) is 47.3 Å². The molecule has 8 heteroatoms. The molecule has 0 saturated carbocycles. The number of H-pyrrole nitrogens is 1. The van der Waals surface area contributed by atoms with Crippen LogP contribution in [0.1, 0.15) is 57.2 Å². The van der Waals surface area contributed by atoms with E-state index in [1.807, 2.05) is 36.1 Å². The molecule has 3 heterocycles. The summed E-state index contributed by atoms with van der Waals surface area (Å²) in [5.41, 5.74) is 5.52. The molecule has 1 atom stereocenters. The van der Waals surface area contributed by atoms with Gasteiger partial charge in [0.1, 0.15) is 5.82 Å². The summed E-state index contributed by atoms with van der Waals surface area (Å²) in [6.45, 7) is 7.76. The highest BCUT2D eigenvalue weighted by molar-refractivity contribution is 5.95. The molecule has 2 aromatic carbocycles. The Balaban J connectivity index is 1.45. The minimum Gasteiger partial charge on any atom is -0.338 e. The molecule has 2 aromatic heterocycles. The zero-order chi connectivity index (χ0) is 23.8. The molecule has 34 heavy (non-hydrogen) atoms. The van der Waals surface area contributed by atoms with E-state index in [0.29, 0.717) is 31.1 Å². The van der Waals surface area contributed by atoms with E-state index in [-0.39, 0.29) is 22.9 Å². The van der Waals surface area contributed by atoms with E-state index in [1.165, 1.54) is 0 Å². The van der Waals surface area contributed by atoms with E-state index >= 15 is 0 Å². The standard InChI is InChI=1S/C26H28N6O2/c1-16-10-11-17(2)20(13-16)15-32-24-22(29-30-32)25(33)28-23(27-24)19-8-6-12-31(14-19)26(34)21-9-5-4-7-18(21)3/h4-5,7,9-11,13,19H,6,8,12,14-15H2,1-3H3,(H,27,28,33)/t19-/m1/s1. The first-order valence-corrected chi connectivity index (χ1v) is 11.6. The number of carbonyl (C=O) groups excluding carboxylic acids is 1. The van der Waals surface area contributed by atoms with Crippen molar-refractivity contribution in [2.75, 3.05) is 13.1 Å². The lowest BCUT2D eigenvalue weighted by Gasteiger charge is -2.32. The van der Waals surface area contributed by atoms with Gasteiger partial charge in [0.25, 0.3) is 11.5 Å². The number of hydrogen-bond donors (Lipinski definition) is 1. The number of aryl methyl sites for hydroxylation is 3. The second-order valence-corrected chi connectivity index (χ2v) is 9.21. The first kappa shape index (κ1) is 22.0. The van der Waals surface area contributed by atoms with Crippen molar-refractivity contribution in [3.05, 3.63) is 86.5 Å². The molecule has 1 amide bonds. The van der Waals surface area contributed by atoms with Gasteiger partial charge in [-0.2, -0.15) is 0 Å². The molecular formula is C26H28N6O2. The molecule has 1 aliphatic rings. The fourth-order valence-electron chi connectivity index (χ4n) is 4.68. The molecule has 1 N–H and O–H groups in total. The van der Waals surface area contributed by atoms with Gasteiger partial charge in [0.05, 0.1) is 6.54 Å². The van der Waals surface area contributed by atoms with E-state index in [4.69, 9.17) is 4.98 Å². The molecule has 4 aromatic rings. The van der Waals surface area contributed by atoms with Crippen molar-refractivity contribution < 1.29 is 4.79 Å². The number of nitrogens with one attached hydrogen (secondary N) is 1. The Morgan fingerprint density at radius 3 is 2.76 bits per heavy atom. The monoisotopic (exact) mass is 456 g/mol. The topological polar surface area (TPSA) is 96.8 Å². The second kappa shape index (κ2) is 8.85. The van der Waals surface area contributed by atoms with Gasteiger partial charge in [-0.1, -0.05) is 47.2 Å². The molecule has 174 valence electrons. The summed E-state index contributed by atoms with van der Waals surface area (Å²) in [5.74, 6) is 0.556. The number of amides is 1. The highest BCUT2D eigenvalue weighted by Crippen LogP contribution is 2.26. The molecule has 1 saturated heterocycles. The zero-order valence-electron chi connectivity index (χ0n) is 19.7. The summed E-state index contributed by atoms with van der Waals surface area (Å²) in [4.78, 5) is 35.6. The average molecular weight is 457 g/mol. The smallest absolute Gasteiger partial charge is 0.281 e. The Bertz CT molecular complexity index is 1440. The second-order valence-electron chi connectivity index (χ2n) is 9.21. The predicted octanol–water partition coefficient (Wildman–Crippen LogP) is 3.51. The van der Waals surface area contributed by atoms with Crippen LogP contribution in [0, 0.1) is 20.8 Å². The molecule has 1 fully saturated rings. The number of nitrogens with zero attached hydrogens (tertiary/aromatic N) is 5. The third-order valence-corrected chi connectivity index (χ3v) is 6.69. The number of fused-ring (bicyclic) bond motifs is 1. The fourth-order valence-corrected chi connectivity index (χ4v) is 4.68. The Labute approximate surface area is 197 Å². The lowest BCUT2D eigenvalue weighted by Crippen LogP contribution is -2.40. The maximum atomic E-state index is 13.2. The Kier molecular flexibility index (Phi) is 5.73. The summed E-state index contributed by atoms with van der Waals surface area (Å²) < 4.78 is 1.69. The van der Waals surface area contributed by atoms with Gasteiger partial charge in [0.15, 0.2) is 11.2 Å². The van der Waals surface area contributed by atoms with Crippen molar-refractivity contribution in [3.8, 4) is 0 Å². The first-order chi connectivity index (χ1) is 16.4. The lowest BCUT2D eigenvalue weighted by molar-refractivity contribution is 0.0704. The Morgan fingerprint density at radius 2 is 1.94 bits per heavy atom. The first-order valence-electron chi connectivity index (χ1n) is 11.6. The summed E-state index contributed by atoms with van der Waals surface area (Å²) >= 11 is 0. The van der Waals surface area contributed by atoms with E-state index in [2.05, 4.69) is 47.3 Å². The predicted molar refractivity (Wildman–Crippen MR) is 130 cm³/mol. The van der Waals surface area contributed by atoms with Crippen molar-refractivity contribution in [1.82, 2.24) is 29.9 Å². The molecule has 8 nitrogen and oxygen atoms in total. The van der Waals surface area contributed by atoms with Gasteiger partial charge in [0, 0.05) is 24.6 Å². The number of rotatable bonds is 4. The average Bonchev–Trinajstić information content (AvgIpc) is 3.24. The van der Waals surface area contributed by atoms with Gasteiger partial charge in [-0.15, -0.1) is 5.10 Å². The highest BCUT2D eigenvalue weighted by Gasteiger charge is 2.28. The lowest BCUT2D eigenvalue weighted by atomic mass is 9.96. The fraction of sp³-hybridized carbons (Fsp3) is 0.346. The van der Waals surface area contributed by atoms with Crippen LogP contribution < -0.4 is 5.56 Å². The largest absolute Gasteiger partial charge is 0.338 e. The molecule has 0 spiro atoms. The Morgan fingerprint density at radius 1 is 1.12 bits per heavy atom. The van der Waals surface area contributed by atoms with Crippen LogP contribution in [0.5, 0.6) is 0 Å². The van der Waals surface area contributed by atoms with E-state index in [1.54, 1.807) is 4.68 Å². The number of aromatic nitrogens is 5. The normalized spacial score (nSPS) is 16.2. The van der Waals surface area contributed by atoms with Crippen molar-refractivity contribution in [2.24, 2.45) is 0 Å². The Hall–Kier alpha value is -3.81. The van der Waals surface area contributed by atoms with Gasteiger partial charge in [0.2, 0.25) is 0 Å². The van der Waals surface area contributed by atoms with E-state index in [0.717, 1.165) is 40.7 Å². The van der Waals surface area contributed by atoms with Crippen LogP contribution in [-0.4, -0.2) is 48.9 Å². The number of hydrogen-bond acceptors (Lipinski definition) is 5. The van der Waals surface area contributed by atoms with Crippen molar-refractivity contribution in [3.63, 3.8) is 0 Å². The number of benzene rings is 2. The van der Waals surface area contributed by atoms with Crippen LogP contribution >= 0.6 is 0 Å². The molecule has 0 unspecified atom stereocenters. The van der Waals surface area contributed by atoms with Gasteiger partial charge >= 0.3 is 0 Å². The number of likely N-dealkylation sites (tertiary alicyclic amines) is 1. The summed E-state index contributed by atoms with van der Waals surface area (Å²) in [5, 5.41) is 8.31. The molecule has 1 aliphatic heterocycles. The third-order valence-electron chi connectivity index (χ3n) is 6.69. The third kappa shape index (κ3) is 4.11. The number of piperidine rings is 1. The van der Waals surface area contributed by atoms with Gasteiger partial charge in [-0.25, -0.2) is 9.67 Å². The number of carbonyl (C=O) groups is 1. The zero-order valence-corrected chi connectivity index (χ0v) is 19.7. The summed E-state index contributed by atoms with van der Waals surface area (Å²) in [7, 11) is 0. The van der Waals surface area contributed by atoms with Crippen LogP contribution in [0.4, 0.5) is 0 Å². The van der Waals surface area contributed by atoms with Gasteiger partial charge < -0.3 is 9.88 Å². The van der Waals surface area contributed by atoms with Crippen molar-refractivity contribution in [1.29, 1.82) is 0 Å². The minimum atomic E-state index is -0.297. The quantitative estimate of drug-likeness (QED) is 0.507. The van der Waals surface area contributed by atoms with Gasteiger partial charge in [-0.05, 0) is 56.4 Å². The molecule has 0 radical (unpaired) electrons. The van der Waals surface area contributed by atoms with Crippen molar-refractivity contribution >= 4 is 17.1 Å². The SMILES string of the molecule is Cc1ccc(C)c(Cn2nnc3c(=O)[nH]c([C@@H]4CCCN(C(=O)c5ccccc5C)C4)nc32)c1. The molecule has 0 bridgehead atoms. The summed E-state index contributed by atoms with van der Waals surface area (Å²) in [6.07, 6.45) is 1.70. The molecular weight excluding hydrogens is 428 g/mol. The molecule has 5 rings (SSSR count). The van der Waals surface area contributed by atoms with Crippen LogP contribution in [0.25, 0.3) is 11.2 Å². The van der Waals surface area contributed by atoms with E-state index in [9.17, 15) is 9.59 Å².